The molecule has 0 saturated heterocycles. The van der Waals surface area contributed by atoms with Gasteiger partial charge in [0, 0.05) is 36.5 Å². The van der Waals surface area contributed by atoms with Crippen LogP contribution in [0.1, 0.15) is 19.9 Å². The second kappa shape index (κ2) is 6.76. The minimum Gasteiger partial charge on any atom is -0.381 e. The lowest BCUT2D eigenvalue weighted by Gasteiger charge is -2.15. The summed E-state index contributed by atoms with van der Waals surface area (Å²) in [5.41, 5.74) is 9.08. The van der Waals surface area contributed by atoms with Gasteiger partial charge in [-0.15, -0.1) is 0 Å². The van der Waals surface area contributed by atoms with Crippen LogP contribution in [0.15, 0.2) is 53.5 Å². The Labute approximate surface area is 146 Å². The van der Waals surface area contributed by atoms with Crippen molar-refractivity contribution in [2.24, 2.45) is 0 Å². The van der Waals surface area contributed by atoms with E-state index in [1.165, 1.54) is 0 Å². The molecule has 6 heteroatoms. The number of nitrogens with one attached hydrogen (secondary N) is 1. The minimum atomic E-state index is -0.0442. The first kappa shape index (κ1) is 16.7. The van der Waals surface area contributed by atoms with Crippen LogP contribution in [0.4, 0.5) is 11.6 Å². The summed E-state index contributed by atoms with van der Waals surface area (Å²) in [5, 5.41) is 2.97. The number of nitrogens with two attached hydrogens (primary N) is 1. The first-order chi connectivity index (χ1) is 12.0. The summed E-state index contributed by atoms with van der Waals surface area (Å²) in [4.78, 5) is 21.3. The quantitative estimate of drug-likeness (QED) is 0.765. The van der Waals surface area contributed by atoms with Crippen molar-refractivity contribution in [1.29, 1.82) is 0 Å². The molecule has 3 N–H and O–H groups in total. The third kappa shape index (κ3) is 3.24. The summed E-state index contributed by atoms with van der Waals surface area (Å²) in [6.45, 7) is 3.94. The highest BCUT2D eigenvalue weighted by Gasteiger charge is 2.16. The molecular formula is C19H21N5O. The first-order valence-corrected chi connectivity index (χ1v) is 8.14. The molecule has 2 heterocycles. The average molecular weight is 335 g/mol. The van der Waals surface area contributed by atoms with Gasteiger partial charge in [-0.1, -0.05) is 30.3 Å². The first-order valence-electron chi connectivity index (χ1n) is 8.14. The fourth-order valence-electron chi connectivity index (χ4n) is 2.68. The molecule has 3 rings (SSSR count). The van der Waals surface area contributed by atoms with Gasteiger partial charge in [0.2, 0.25) is 0 Å². The Hall–Kier alpha value is -3.15. The van der Waals surface area contributed by atoms with Gasteiger partial charge >= 0.3 is 0 Å². The van der Waals surface area contributed by atoms with Gasteiger partial charge in [-0.05, 0) is 19.9 Å². The number of pyridine rings is 1. The van der Waals surface area contributed by atoms with E-state index in [1.54, 1.807) is 23.7 Å². The van der Waals surface area contributed by atoms with Crippen LogP contribution in [-0.2, 0) is 0 Å². The fraction of sp³-hybridized carbons (Fsp3) is 0.211. The number of hydrogen-bond acceptors (Lipinski definition) is 5. The molecule has 128 valence electrons. The van der Waals surface area contributed by atoms with E-state index >= 15 is 0 Å². The van der Waals surface area contributed by atoms with E-state index < -0.39 is 0 Å². The largest absolute Gasteiger partial charge is 0.381 e. The van der Waals surface area contributed by atoms with E-state index in [9.17, 15) is 4.79 Å². The maximum atomic E-state index is 12.1. The molecule has 1 aromatic carbocycles. The normalized spacial score (nSPS) is 10.9. The molecule has 0 fully saturated rings. The van der Waals surface area contributed by atoms with Gasteiger partial charge in [0.1, 0.15) is 5.69 Å². The van der Waals surface area contributed by atoms with E-state index in [0.29, 0.717) is 23.0 Å². The summed E-state index contributed by atoms with van der Waals surface area (Å²) >= 11 is 0. The second-order valence-electron chi connectivity index (χ2n) is 6.03. The maximum Gasteiger partial charge on any atom is 0.250 e. The van der Waals surface area contributed by atoms with Crippen LogP contribution in [0, 0.1) is 0 Å². The van der Waals surface area contributed by atoms with Crippen LogP contribution >= 0.6 is 0 Å². The lowest BCUT2D eigenvalue weighted by Crippen LogP contribution is -2.20. The van der Waals surface area contributed by atoms with Crippen LogP contribution in [-0.4, -0.2) is 21.6 Å². The van der Waals surface area contributed by atoms with E-state index in [4.69, 9.17) is 5.73 Å². The minimum absolute atomic E-state index is 0.0442. The molecule has 0 spiro atoms. The molecule has 0 aliphatic rings. The van der Waals surface area contributed by atoms with Crippen molar-refractivity contribution in [1.82, 2.24) is 14.5 Å². The molecule has 25 heavy (non-hydrogen) atoms. The molecule has 0 aliphatic carbocycles. The van der Waals surface area contributed by atoms with Crippen molar-refractivity contribution in [3.05, 3.63) is 59.0 Å². The van der Waals surface area contributed by atoms with Gasteiger partial charge in [0.15, 0.2) is 11.6 Å². The highest BCUT2D eigenvalue weighted by molar-refractivity contribution is 5.81. The topological polar surface area (TPSA) is 85.8 Å². The molecule has 0 aliphatic heterocycles. The van der Waals surface area contributed by atoms with Crippen molar-refractivity contribution in [3.8, 4) is 22.5 Å². The molecule has 2 aromatic heterocycles. The van der Waals surface area contributed by atoms with Gasteiger partial charge in [-0.25, -0.2) is 9.97 Å². The number of aromatic nitrogens is 3. The van der Waals surface area contributed by atoms with Crippen LogP contribution in [0.5, 0.6) is 0 Å². The van der Waals surface area contributed by atoms with Gasteiger partial charge in [-0.2, -0.15) is 0 Å². The van der Waals surface area contributed by atoms with E-state index in [-0.39, 0.29) is 11.6 Å². The molecular weight excluding hydrogens is 314 g/mol. The number of nitrogen functional groups attached to an aromatic ring is 1. The van der Waals surface area contributed by atoms with Crippen LogP contribution < -0.4 is 16.6 Å². The van der Waals surface area contributed by atoms with Gasteiger partial charge in [-0.3, -0.25) is 4.79 Å². The Morgan fingerprint density at radius 2 is 1.68 bits per heavy atom. The third-order valence-electron chi connectivity index (χ3n) is 3.97. The highest BCUT2D eigenvalue weighted by Crippen LogP contribution is 2.31. The van der Waals surface area contributed by atoms with Crippen molar-refractivity contribution in [2.75, 3.05) is 18.1 Å². The number of hydrogen-bond donors (Lipinski definition) is 2. The zero-order chi connectivity index (χ0) is 18.0. The summed E-state index contributed by atoms with van der Waals surface area (Å²) in [6.07, 6.45) is 1.82. The Kier molecular flexibility index (Phi) is 4.52. The Morgan fingerprint density at radius 1 is 1.00 bits per heavy atom. The second-order valence-corrected chi connectivity index (χ2v) is 6.03. The Bertz CT molecular complexity index is 948. The summed E-state index contributed by atoms with van der Waals surface area (Å²) in [5.74, 6) is 0.847. The van der Waals surface area contributed by atoms with Crippen molar-refractivity contribution < 1.29 is 0 Å². The summed E-state index contributed by atoms with van der Waals surface area (Å²) in [6, 6.07) is 13.1. The van der Waals surface area contributed by atoms with E-state index in [1.807, 2.05) is 50.4 Å². The zero-order valence-corrected chi connectivity index (χ0v) is 14.5. The predicted molar refractivity (Wildman–Crippen MR) is 102 cm³/mol. The van der Waals surface area contributed by atoms with Gasteiger partial charge in [0.05, 0.1) is 5.69 Å². The zero-order valence-electron chi connectivity index (χ0n) is 14.5. The lowest BCUT2D eigenvalue weighted by molar-refractivity contribution is 0.579. The Balaban J connectivity index is 2.28. The number of benzene rings is 1. The monoisotopic (exact) mass is 335 g/mol. The van der Waals surface area contributed by atoms with Crippen molar-refractivity contribution in [2.45, 2.75) is 19.9 Å². The smallest absolute Gasteiger partial charge is 0.250 e. The summed E-state index contributed by atoms with van der Waals surface area (Å²) < 4.78 is 1.68. The fourth-order valence-corrected chi connectivity index (χ4v) is 2.68. The van der Waals surface area contributed by atoms with Crippen LogP contribution in [0.3, 0.4) is 0 Å². The maximum absolute atomic E-state index is 12.1. The highest BCUT2D eigenvalue weighted by atomic mass is 16.1. The molecule has 0 atom stereocenters. The Morgan fingerprint density at radius 3 is 2.32 bits per heavy atom. The molecule has 6 nitrogen and oxygen atoms in total. The average Bonchev–Trinajstić information content (AvgIpc) is 2.62. The summed E-state index contributed by atoms with van der Waals surface area (Å²) in [7, 11) is 1.75. The predicted octanol–water partition coefficient (Wildman–Crippen LogP) is 3.18. The van der Waals surface area contributed by atoms with Crippen molar-refractivity contribution >= 4 is 11.6 Å². The molecule has 0 amide bonds. The van der Waals surface area contributed by atoms with Crippen LogP contribution in [0.25, 0.3) is 22.5 Å². The number of anilines is 2. The standard InChI is InChI=1S/C19H21N5O/c1-12(2)24-11-14(9-10-15(24)25)17-16(13-7-5-4-6-8-13)22-18(20)19(21-3)23-17/h4-12H,1-3H3,(H2,20,22)(H,21,23). The third-order valence-corrected chi connectivity index (χ3v) is 3.97. The SMILES string of the molecule is CNc1nc(-c2ccc(=O)n(C(C)C)c2)c(-c2ccccc2)nc1N. The lowest BCUT2D eigenvalue weighted by atomic mass is 10.1. The number of nitrogens with zero attached hydrogens (tertiary/aromatic N) is 3. The number of rotatable bonds is 4. The molecule has 3 aromatic rings. The van der Waals surface area contributed by atoms with Gasteiger partial charge < -0.3 is 15.6 Å². The molecule has 0 saturated carbocycles. The molecule has 0 radical (unpaired) electrons. The van der Waals surface area contributed by atoms with E-state index in [2.05, 4.69) is 15.3 Å². The van der Waals surface area contributed by atoms with Gasteiger partial charge in [0.25, 0.3) is 5.56 Å². The van der Waals surface area contributed by atoms with Crippen molar-refractivity contribution in [3.63, 3.8) is 0 Å². The van der Waals surface area contributed by atoms with Crippen LogP contribution in [0.2, 0.25) is 0 Å². The van der Waals surface area contributed by atoms with E-state index in [0.717, 1.165) is 11.1 Å². The molecule has 0 unspecified atom stereocenters. The molecule has 0 bridgehead atoms.